The molecular weight excluding hydrogens is 2010 g/mol. The Hall–Kier alpha value is -6.05. The predicted octanol–water partition coefficient (Wildman–Crippen LogP) is 14.2. The molecule has 32 heteroatoms. The number of nitrogens with zero attached hydrogens (tertiary/aromatic N) is 13. The van der Waals surface area contributed by atoms with Gasteiger partial charge >= 0.3 is 68.4 Å². The molecule has 1 saturated heterocycles. The number of halogens is 10. The number of esters is 2. The van der Waals surface area contributed by atoms with Crippen LogP contribution in [0.15, 0.2) is 104 Å². The van der Waals surface area contributed by atoms with Crippen molar-refractivity contribution in [2.75, 3.05) is 27.3 Å². The molecule has 3 aromatic carbocycles. The van der Waals surface area contributed by atoms with Crippen LogP contribution >= 0.6 is 110 Å². The van der Waals surface area contributed by atoms with Crippen LogP contribution in [-0.2, 0) is 14.3 Å². The zero-order chi connectivity index (χ0) is 73.9. The number of hydrogen-bond donors (Lipinski definition) is 2. The van der Waals surface area contributed by atoms with Crippen LogP contribution in [0, 0.1) is 38.2 Å². The molecule has 538 valence electrons. The number of carbonyl (C=O) groups is 5. The van der Waals surface area contributed by atoms with Crippen molar-refractivity contribution in [1.29, 1.82) is 0 Å². The molecule has 0 radical (unpaired) electrons. The van der Waals surface area contributed by atoms with E-state index in [0.717, 1.165) is 38.9 Å². The van der Waals surface area contributed by atoms with Crippen LogP contribution in [0.4, 0.5) is 13.2 Å². The minimum absolute atomic E-state index is 0. The van der Waals surface area contributed by atoms with Crippen LogP contribution in [0.25, 0.3) is 56.4 Å². The summed E-state index contributed by atoms with van der Waals surface area (Å²) in [6.45, 7) is 25.6. The number of carboxylic acid groups (broad SMARTS) is 1. The van der Waals surface area contributed by atoms with Gasteiger partial charge < -0.3 is 24.8 Å². The molecule has 1 fully saturated rings. The molecule has 2 amide bonds. The number of aromatic carboxylic acids is 1. The molecule has 0 atom stereocenters. The van der Waals surface area contributed by atoms with Crippen molar-refractivity contribution in [1.82, 2.24) is 68.6 Å². The van der Waals surface area contributed by atoms with E-state index in [2.05, 4.69) is 125 Å². The van der Waals surface area contributed by atoms with Gasteiger partial charge in [0.1, 0.15) is 33.8 Å². The van der Waals surface area contributed by atoms with Crippen LogP contribution < -0.4 is 18.6 Å². The Balaban J connectivity index is 0.000000210. The number of methoxy groups -OCH3 is 2. The number of aromatic nitrogens is 12. The Morgan fingerprint density at radius 1 is 0.545 bits per heavy atom. The Kier molecular flexibility index (Phi) is 30.8. The van der Waals surface area contributed by atoms with Gasteiger partial charge in [0.05, 0.1) is 56.1 Å². The monoisotopic (exact) mass is 2080 g/mol. The number of imidazole rings is 4. The fourth-order valence-corrected chi connectivity index (χ4v) is 10.7. The average molecular weight is 2080 g/mol. The third-order valence-electron chi connectivity index (χ3n) is 16.0. The molecule has 0 saturated carbocycles. The molecule has 1 aliphatic heterocycles. The van der Waals surface area contributed by atoms with E-state index in [9.17, 15) is 37.1 Å². The van der Waals surface area contributed by atoms with Crippen molar-refractivity contribution in [2.45, 2.75) is 119 Å². The fraction of sp³-hybridized carbons (Fsp3) is 0.319. The molecule has 11 aromatic rings. The zero-order valence-electron chi connectivity index (χ0n) is 57.5. The van der Waals surface area contributed by atoms with Gasteiger partial charge in [0.15, 0.2) is 39.7 Å². The molecule has 0 bridgehead atoms. The Labute approximate surface area is 656 Å². The zero-order valence-corrected chi connectivity index (χ0v) is 71.3. The molecule has 0 aliphatic carbocycles. The Morgan fingerprint density at radius 2 is 0.851 bits per heavy atom. The molecule has 0 spiro atoms. The minimum atomic E-state index is -1.09. The number of nitrogens with one attached hydrogen (secondary N) is 1. The SMILES string of the molecule is COC(=O)c1cn2nc(-c3ccc(F)c(C)c3)cc(C(C)C)c2n1.COC(=O)c1cn2nc(Cl)cc(C(C)C)c2n1.Cc1cc(-c2cc(C(C)C)c3nc(C(=O)N4CCNC(=O)C4(C)C)cn3n2)ccc1F.Cc1cc(-c2cc(C(C)C)c3nc(C(=O)O)cn3n2)ccc1F.I.II.I[I-]I. The molecule has 101 heavy (non-hydrogen) atoms. The number of fused-ring (bicyclic) bond motifs is 4. The second-order valence-corrected chi connectivity index (χ2v) is 41.2. The molecule has 0 unspecified atom stereocenters. The number of hydrogen-bond acceptors (Lipinski definition) is 15. The quantitative estimate of drug-likeness (QED) is 0.0901. The fourth-order valence-electron chi connectivity index (χ4n) is 10.5. The van der Waals surface area contributed by atoms with Crippen LogP contribution in [0.1, 0.15) is 174 Å². The van der Waals surface area contributed by atoms with Gasteiger partial charge in [-0.05, 0) is 154 Å². The first-order chi connectivity index (χ1) is 47.3. The molecular formula is C69H73ClF3I6N14O8-. The van der Waals surface area contributed by atoms with Crippen LogP contribution in [0.5, 0.6) is 0 Å². The summed E-state index contributed by atoms with van der Waals surface area (Å²) in [4.78, 5) is 78.6. The first kappa shape index (κ1) is 83.9. The first-order valence-electron chi connectivity index (χ1n) is 30.9. The van der Waals surface area contributed by atoms with E-state index in [1.54, 1.807) is 103 Å². The topological polar surface area (TPSA) is 260 Å². The number of piperazine rings is 1. The summed E-state index contributed by atoms with van der Waals surface area (Å²) >= 11 is 15.5. The van der Waals surface area contributed by atoms with Crippen molar-refractivity contribution >= 4 is 162 Å². The summed E-state index contributed by atoms with van der Waals surface area (Å²) in [5.41, 5.74) is 11.8. The standard InChI is InChI=1S/C23H26FN5O2.C18H18FN3O2.C17H16FN3O2.C11H12ClN3O2.I3.I2.HI/c1-13(2)16-11-18(15-6-7-17(24)14(3)10-15)27-29-12-19(26-20(16)29)21(30)28-9-8-25-22(31)23(28,4)5;1-10(2)13-8-15(12-5-6-14(19)11(3)7-12)21-22-9-16(18(23)24-4)20-17(13)22;1-9(2)12-7-14(11-4-5-13(18)10(3)6-11)20-21-8-15(17(22)23)19-16(12)21;1-6(2)7-4-9(12)14-15-5-8(11(16)17-3)13-10(7)15;1-3-2;1-2;/h6-7,10-13H,8-9H2,1-5H3,(H,25,31);5-10H,1-4H3;4-9H,1-3H3,(H,22,23);4-6H,1-3H3;;;1H/q;;;;-1;;. The summed E-state index contributed by atoms with van der Waals surface area (Å²) in [5, 5.41) is 29.9. The summed E-state index contributed by atoms with van der Waals surface area (Å²) in [5.74, 6) is -2.66. The first-order valence-corrected chi connectivity index (χ1v) is 50.1. The maximum absolute atomic E-state index is 13.7. The third kappa shape index (κ3) is 20.1. The predicted molar refractivity (Wildman–Crippen MR) is 423 cm³/mol. The van der Waals surface area contributed by atoms with E-state index in [1.807, 2.05) is 73.6 Å². The van der Waals surface area contributed by atoms with Crippen molar-refractivity contribution in [3.05, 3.63) is 188 Å². The van der Waals surface area contributed by atoms with Gasteiger partial charge in [-0.15, -0.1) is 24.0 Å². The summed E-state index contributed by atoms with van der Waals surface area (Å²) < 4.78 is 56.2. The number of carbonyl (C=O) groups excluding carboxylic acids is 4. The van der Waals surface area contributed by atoms with E-state index in [0.29, 0.717) is 87.9 Å². The Morgan fingerprint density at radius 3 is 1.18 bits per heavy atom. The van der Waals surface area contributed by atoms with Gasteiger partial charge in [-0.1, -0.05) is 67.0 Å². The van der Waals surface area contributed by atoms with Crippen molar-refractivity contribution in [2.24, 2.45) is 0 Å². The van der Waals surface area contributed by atoms with Crippen LogP contribution in [-0.4, -0.2) is 131 Å². The van der Waals surface area contributed by atoms with Crippen LogP contribution in [0.3, 0.4) is 0 Å². The number of carboxylic acids is 1. The molecule has 8 aromatic heterocycles. The molecule has 1 aliphatic rings. The van der Waals surface area contributed by atoms with Gasteiger partial charge in [0.25, 0.3) is 5.91 Å². The van der Waals surface area contributed by atoms with Gasteiger partial charge in [-0.2, -0.15) is 20.4 Å². The van der Waals surface area contributed by atoms with E-state index >= 15 is 0 Å². The Bertz CT molecular complexity index is 4850. The number of rotatable bonds is 11. The van der Waals surface area contributed by atoms with E-state index in [4.69, 9.17) is 21.4 Å². The summed E-state index contributed by atoms with van der Waals surface area (Å²) in [7, 11) is 2.63. The van der Waals surface area contributed by atoms with Crippen molar-refractivity contribution in [3.8, 4) is 33.8 Å². The number of aryl methyl sites for hydroxylation is 3. The van der Waals surface area contributed by atoms with E-state index < -0.39 is 23.4 Å². The van der Waals surface area contributed by atoms with E-state index in [-0.39, 0.29) is 99.7 Å². The maximum atomic E-state index is 13.7. The normalized spacial score (nSPS) is 12.3. The van der Waals surface area contributed by atoms with Gasteiger partial charge in [0.2, 0.25) is 5.91 Å². The summed E-state index contributed by atoms with van der Waals surface area (Å²) in [6, 6.07) is 22.1. The van der Waals surface area contributed by atoms with Gasteiger partial charge in [-0.3, -0.25) is 9.59 Å². The van der Waals surface area contributed by atoms with Crippen molar-refractivity contribution < 1.29 is 65.0 Å². The number of benzene rings is 3. The summed E-state index contributed by atoms with van der Waals surface area (Å²) in [6.07, 6.45) is 6.06. The second-order valence-electron chi connectivity index (χ2n) is 24.6. The number of amides is 2. The molecule has 12 rings (SSSR count). The van der Waals surface area contributed by atoms with Crippen LogP contribution in [0.2, 0.25) is 5.15 Å². The van der Waals surface area contributed by atoms with E-state index in [1.165, 1.54) is 53.8 Å². The van der Waals surface area contributed by atoms with Crippen molar-refractivity contribution in [3.63, 3.8) is 0 Å². The van der Waals surface area contributed by atoms with Gasteiger partial charge in [-0.25, -0.2) is 65.6 Å². The molecule has 9 heterocycles. The molecule has 22 nitrogen and oxygen atoms in total. The second kappa shape index (κ2) is 37.1. The average Bonchev–Trinajstić information content (AvgIpc) is 1.66. The third-order valence-corrected chi connectivity index (χ3v) is 16.1. The molecule has 2 N–H and O–H groups in total. The number of ether oxygens (including phenoxy) is 2. The van der Waals surface area contributed by atoms with Gasteiger partial charge in [0, 0.05) is 89.3 Å².